The molecule has 0 aromatic rings. The van der Waals surface area contributed by atoms with Crippen LogP contribution in [-0.4, -0.2) is 23.7 Å². The molecule has 0 heterocycles. The highest BCUT2D eigenvalue weighted by molar-refractivity contribution is 5.76. The first-order valence-corrected chi connectivity index (χ1v) is 3.21. The lowest BCUT2D eigenvalue weighted by Crippen LogP contribution is -2.07. The van der Waals surface area contributed by atoms with Crippen LogP contribution in [-0.2, 0) is 19.4 Å². The molecule has 0 spiro atoms. The van der Waals surface area contributed by atoms with Gasteiger partial charge in [-0.25, -0.2) is 4.79 Å². The van der Waals surface area contributed by atoms with E-state index in [-0.39, 0.29) is 19.4 Å². The van der Waals surface area contributed by atoms with Gasteiger partial charge in [0.05, 0.1) is 19.4 Å². The highest BCUT2D eigenvalue weighted by Gasteiger charge is 2.06. The maximum absolute atomic E-state index is 10.5. The molecular formula is C6H10O5. The lowest BCUT2D eigenvalue weighted by atomic mass is 10.3. The Kier molecular flexibility index (Phi) is 5.10. The van der Waals surface area contributed by atoms with Crippen molar-refractivity contribution in [3.63, 3.8) is 0 Å². The quantitative estimate of drug-likeness (QED) is 0.466. The SMILES string of the molecule is CCOOC(=O)CCC(=O)O. The van der Waals surface area contributed by atoms with Crippen molar-refractivity contribution in [1.29, 1.82) is 0 Å². The van der Waals surface area contributed by atoms with E-state index in [1.807, 2.05) is 0 Å². The van der Waals surface area contributed by atoms with Crippen LogP contribution in [0.25, 0.3) is 0 Å². The Morgan fingerprint density at radius 1 is 1.36 bits per heavy atom. The first kappa shape index (κ1) is 9.90. The van der Waals surface area contributed by atoms with Gasteiger partial charge in [0.1, 0.15) is 0 Å². The van der Waals surface area contributed by atoms with Crippen LogP contribution in [0.15, 0.2) is 0 Å². The van der Waals surface area contributed by atoms with Crippen molar-refractivity contribution >= 4 is 11.9 Å². The van der Waals surface area contributed by atoms with Gasteiger partial charge in [-0.3, -0.25) is 9.68 Å². The Hall–Kier alpha value is -1.10. The van der Waals surface area contributed by atoms with Crippen molar-refractivity contribution in [3.8, 4) is 0 Å². The second-order valence-electron chi connectivity index (χ2n) is 1.76. The maximum Gasteiger partial charge on any atom is 0.342 e. The van der Waals surface area contributed by atoms with E-state index in [0.29, 0.717) is 0 Å². The molecular weight excluding hydrogens is 152 g/mol. The van der Waals surface area contributed by atoms with Gasteiger partial charge in [0.25, 0.3) is 0 Å². The van der Waals surface area contributed by atoms with Gasteiger partial charge in [0.2, 0.25) is 0 Å². The molecule has 0 saturated heterocycles. The molecule has 0 aliphatic heterocycles. The van der Waals surface area contributed by atoms with Crippen molar-refractivity contribution in [1.82, 2.24) is 0 Å². The van der Waals surface area contributed by atoms with E-state index < -0.39 is 11.9 Å². The first-order valence-electron chi connectivity index (χ1n) is 3.21. The number of aliphatic carboxylic acids is 1. The maximum atomic E-state index is 10.5. The number of carbonyl (C=O) groups excluding carboxylic acids is 1. The second kappa shape index (κ2) is 5.67. The fourth-order valence-corrected chi connectivity index (χ4v) is 0.375. The van der Waals surface area contributed by atoms with Crippen LogP contribution in [0, 0.1) is 0 Å². The Bertz CT molecular complexity index is 142. The average Bonchev–Trinajstić information content (AvgIpc) is 1.97. The molecule has 0 aliphatic carbocycles. The van der Waals surface area contributed by atoms with Gasteiger partial charge in [-0.1, -0.05) is 0 Å². The molecule has 0 radical (unpaired) electrons. The largest absolute Gasteiger partial charge is 0.481 e. The lowest BCUT2D eigenvalue weighted by Gasteiger charge is -1.98. The molecule has 0 aliphatic rings. The van der Waals surface area contributed by atoms with E-state index in [9.17, 15) is 9.59 Å². The smallest absolute Gasteiger partial charge is 0.342 e. The van der Waals surface area contributed by atoms with Crippen molar-refractivity contribution in [2.45, 2.75) is 19.8 Å². The van der Waals surface area contributed by atoms with E-state index in [0.717, 1.165) is 0 Å². The van der Waals surface area contributed by atoms with Gasteiger partial charge in [-0.15, -0.1) is 0 Å². The summed E-state index contributed by atoms with van der Waals surface area (Å²) in [5.41, 5.74) is 0. The molecule has 0 aromatic carbocycles. The van der Waals surface area contributed by atoms with Crippen molar-refractivity contribution < 1.29 is 24.5 Å². The van der Waals surface area contributed by atoms with Crippen LogP contribution >= 0.6 is 0 Å². The highest BCUT2D eigenvalue weighted by atomic mass is 17.2. The number of carboxylic acids is 1. The summed E-state index contributed by atoms with van der Waals surface area (Å²) in [5.74, 6) is -1.69. The molecule has 5 heteroatoms. The lowest BCUT2D eigenvalue weighted by molar-refractivity contribution is -0.269. The third-order valence-corrected chi connectivity index (χ3v) is 0.813. The minimum Gasteiger partial charge on any atom is -0.481 e. The molecule has 0 saturated carbocycles. The summed E-state index contributed by atoms with van der Waals surface area (Å²) >= 11 is 0. The Balaban J connectivity index is 3.30. The molecule has 0 atom stereocenters. The Morgan fingerprint density at radius 3 is 2.45 bits per heavy atom. The molecule has 1 N–H and O–H groups in total. The van der Waals surface area contributed by atoms with Crippen LogP contribution in [0.3, 0.4) is 0 Å². The molecule has 0 bridgehead atoms. The van der Waals surface area contributed by atoms with Crippen molar-refractivity contribution in [2.24, 2.45) is 0 Å². The monoisotopic (exact) mass is 162 g/mol. The molecule has 0 unspecified atom stereocenters. The zero-order valence-electron chi connectivity index (χ0n) is 6.20. The standard InChI is InChI=1S/C6H10O5/c1-2-10-11-6(9)4-3-5(7)8/h2-4H2,1H3,(H,7,8). The normalized spacial score (nSPS) is 9.18. The highest BCUT2D eigenvalue weighted by Crippen LogP contribution is 1.92. The minimum absolute atomic E-state index is 0.157. The molecule has 0 aromatic heterocycles. The molecule has 5 nitrogen and oxygen atoms in total. The Labute approximate surface area is 63.8 Å². The summed E-state index contributed by atoms with van der Waals surface area (Å²) in [6.07, 6.45) is -0.388. The number of carboxylic acid groups (broad SMARTS) is 1. The predicted molar refractivity (Wildman–Crippen MR) is 34.6 cm³/mol. The summed E-state index contributed by atoms with van der Waals surface area (Å²) in [4.78, 5) is 28.8. The molecule has 0 fully saturated rings. The molecule has 64 valence electrons. The van der Waals surface area contributed by atoms with Crippen molar-refractivity contribution in [3.05, 3.63) is 0 Å². The zero-order chi connectivity index (χ0) is 8.69. The third kappa shape index (κ3) is 6.79. The molecule has 0 rings (SSSR count). The van der Waals surface area contributed by atoms with Crippen LogP contribution in [0.2, 0.25) is 0 Å². The number of rotatable bonds is 5. The van der Waals surface area contributed by atoms with Crippen LogP contribution in [0.5, 0.6) is 0 Å². The minimum atomic E-state index is -1.03. The summed E-state index contributed by atoms with van der Waals surface area (Å²) in [6.45, 7) is 1.92. The number of hydrogen-bond donors (Lipinski definition) is 1. The first-order chi connectivity index (χ1) is 5.16. The van der Waals surface area contributed by atoms with E-state index in [1.54, 1.807) is 6.92 Å². The van der Waals surface area contributed by atoms with Gasteiger partial charge < -0.3 is 5.11 Å². The average molecular weight is 162 g/mol. The topological polar surface area (TPSA) is 72.8 Å². The zero-order valence-corrected chi connectivity index (χ0v) is 6.20. The van der Waals surface area contributed by atoms with Crippen LogP contribution < -0.4 is 0 Å². The summed E-state index contributed by atoms with van der Waals surface area (Å²) < 4.78 is 0. The van der Waals surface area contributed by atoms with Crippen molar-refractivity contribution in [2.75, 3.05) is 6.61 Å². The van der Waals surface area contributed by atoms with E-state index in [1.165, 1.54) is 0 Å². The fourth-order valence-electron chi connectivity index (χ4n) is 0.375. The van der Waals surface area contributed by atoms with Gasteiger partial charge in [0.15, 0.2) is 0 Å². The summed E-state index contributed by atoms with van der Waals surface area (Å²) in [6, 6.07) is 0. The summed E-state index contributed by atoms with van der Waals surface area (Å²) in [5, 5.41) is 8.14. The second-order valence-corrected chi connectivity index (χ2v) is 1.76. The van der Waals surface area contributed by atoms with E-state index >= 15 is 0 Å². The molecule has 11 heavy (non-hydrogen) atoms. The third-order valence-electron chi connectivity index (χ3n) is 0.813. The van der Waals surface area contributed by atoms with Crippen LogP contribution in [0.1, 0.15) is 19.8 Å². The number of hydrogen-bond acceptors (Lipinski definition) is 4. The molecule has 0 amide bonds. The van der Waals surface area contributed by atoms with Gasteiger partial charge in [0, 0.05) is 0 Å². The Morgan fingerprint density at radius 2 is 2.00 bits per heavy atom. The van der Waals surface area contributed by atoms with Gasteiger partial charge in [-0.2, -0.15) is 4.89 Å². The van der Waals surface area contributed by atoms with Crippen LogP contribution in [0.4, 0.5) is 0 Å². The predicted octanol–water partition coefficient (Wildman–Crippen LogP) is 0.346. The van der Waals surface area contributed by atoms with Gasteiger partial charge in [-0.05, 0) is 6.92 Å². The fraction of sp³-hybridized carbons (Fsp3) is 0.667. The van der Waals surface area contributed by atoms with E-state index in [2.05, 4.69) is 9.78 Å². The van der Waals surface area contributed by atoms with Gasteiger partial charge >= 0.3 is 11.9 Å². The number of carbonyl (C=O) groups is 2. The van der Waals surface area contributed by atoms with E-state index in [4.69, 9.17) is 5.11 Å². The summed E-state index contributed by atoms with van der Waals surface area (Å²) in [7, 11) is 0.